The number of hydrogen-bond donors (Lipinski definition) is 2. The van der Waals surface area contributed by atoms with Crippen molar-refractivity contribution in [1.82, 2.24) is 19.5 Å². The lowest BCUT2D eigenvalue weighted by molar-refractivity contribution is -0.177. The number of anilines is 2. The molecule has 37 heavy (non-hydrogen) atoms. The third-order valence-electron chi connectivity index (χ3n) is 5.76. The molecule has 198 valence electrons. The van der Waals surface area contributed by atoms with Gasteiger partial charge >= 0.3 is 12.1 Å². The summed E-state index contributed by atoms with van der Waals surface area (Å²) >= 11 is 0. The van der Waals surface area contributed by atoms with Gasteiger partial charge in [0, 0.05) is 18.3 Å². The van der Waals surface area contributed by atoms with Gasteiger partial charge in [0.1, 0.15) is 11.6 Å². The van der Waals surface area contributed by atoms with Crippen molar-refractivity contribution in [2.24, 2.45) is 0 Å². The van der Waals surface area contributed by atoms with E-state index in [2.05, 4.69) is 14.8 Å². The highest BCUT2D eigenvalue weighted by Crippen LogP contribution is 2.39. The standard InChI is InChI=1S/C22H23F3N6O5S/c1-4-15(22(23,24)25)30-10-12-8-11(9-14(16(12)20(30)32)29-37(3,34)35)13-6-7-31-19(27-13)17(18(26)28-31)21(33)36-5-2/h6-9,15,29H,4-5,10H2,1-3H3,(H2,26,28)/t15-/m0/s1. The van der Waals surface area contributed by atoms with Crippen LogP contribution >= 0.6 is 0 Å². The molecule has 3 heterocycles. The molecule has 1 amide bonds. The van der Waals surface area contributed by atoms with E-state index in [1.54, 1.807) is 6.92 Å². The number of hydrogen-bond acceptors (Lipinski definition) is 8. The number of fused-ring (bicyclic) bond motifs is 2. The maximum atomic E-state index is 13.6. The molecule has 0 unspecified atom stereocenters. The molecule has 15 heteroatoms. The summed E-state index contributed by atoms with van der Waals surface area (Å²) in [5.74, 6) is -1.80. The predicted octanol–water partition coefficient (Wildman–Crippen LogP) is 2.82. The fraction of sp³-hybridized carbons (Fsp3) is 0.364. The van der Waals surface area contributed by atoms with Gasteiger partial charge in [0.2, 0.25) is 10.0 Å². The van der Waals surface area contributed by atoms with Crippen LogP contribution in [0.4, 0.5) is 24.7 Å². The van der Waals surface area contributed by atoms with Gasteiger partial charge in [0.25, 0.3) is 5.91 Å². The SMILES string of the molecule is CCOC(=O)c1c(N)nn2ccc(-c3cc4c(c(NS(C)(=O)=O)c3)C(=O)N([C@@H](CC)C(F)(F)F)C4)nc12. The van der Waals surface area contributed by atoms with Gasteiger partial charge in [0.05, 0.1) is 29.8 Å². The molecular formula is C22H23F3N6O5S. The second-order valence-corrected chi connectivity index (χ2v) is 10.1. The third-order valence-corrected chi connectivity index (χ3v) is 6.35. The van der Waals surface area contributed by atoms with Crippen LogP contribution in [0.5, 0.6) is 0 Å². The monoisotopic (exact) mass is 540 g/mol. The summed E-state index contributed by atoms with van der Waals surface area (Å²) in [5.41, 5.74) is 6.21. The first kappa shape index (κ1) is 26.2. The fourth-order valence-electron chi connectivity index (χ4n) is 4.29. The number of nitrogens with two attached hydrogens (primary N) is 1. The van der Waals surface area contributed by atoms with Gasteiger partial charge in [0.15, 0.2) is 11.5 Å². The Hall–Kier alpha value is -3.88. The molecule has 4 rings (SSSR count). The second kappa shape index (κ2) is 9.21. The van der Waals surface area contributed by atoms with Gasteiger partial charge in [-0.3, -0.25) is 9.52 Å². The van der Waals surface area contributed by atoms with E-state index in [4.69, 9.17) is 10.5 Å². The summed E-state index contributed by atoms with van der Waals surface area (Å²) in [5, 5.41) is 4.03. The molecule has 11 nitrogen and oxygen atoms in total. The highest BCUT2D eigenvalue weighted by atomic mass is 32.2. The van der Waals surface area contributed by atoms with Crippen LogP contribution in [0.3, 0.4) is 0 Å². The highest BCUT2D eigenvalue weighted by Gasteiger charge is 2.47. The molecule has 0 aliphatic carbocycles. The van der Waals surface area contributed by atoms with Gasteiger partial charge in [-0.1, -0.05) is 6.92 Å². The van der Waals surface area contributed by atoms with E-state index < -0.39 is 34.1 Å². The van der Waals surface area contributed by atoms with Crippen LogP contribution in [0, 0.1) is 0 Å². The summed E-state index contributed by atoms with van der Waals surface area (Å²) in [6, 6.07) is 2.22. The maximum absolute atomic E-state index is 13.6. The van der Waals surface area contributed by atoms with Crippen molar-refractivity contribution in [3.8, 4) is 11.3 Å². The fourth-order valence-corrected chi connectivity index (χ4v) is 4.85. The average Bonchev–Trinajstić information content (AvgIpc) is 3.28. The quantitative estimate of drug-likeness (QED) is 0.435. The molecule has 1 aromatic carbocycles. The van der Waals surface area contributed by atoms with Crippen LogP contribution in [-0.4, -0.2) is 64.9 Å². The zero-order valence-corrected chi connectivity index (χ0v) is 20.8. The number of rotatable bonds is 7. The lowest BCUT2D eigenvalue weighted by Gasteiger charge is -2.28. The zero-order valence-electron chi connectivity index (χ0n) is 20.0. The van der Waals surface area contributed by atoms with Crippen molar-refractivity contribution >= 4 is 39.1 Å². The Bertz CT molecular complexity index is 1520. The van der Waals surface area contributed by atoms with Crippen molar-refractivity contribution in [3.63, 3.8) is 0 Å². The number of sulfonamides is 1. The Kier molecular flexibility index (Phi) is 6.52. The topological polar surface area (TPSA) is 149 Å². The van der Waals surface area contributed by atoms with E-state index in [0.717, 1.165) is 6.26 Å². The molecule has 1 aliphatic heterocycles. The van der Waals surface area contributed by atoms with Crippen LogP contribution in [0.2, 0.25) is 0 Å². The number of alkyl halides is 3. The molecule has 0 bridgehead atoms. The number of carbonyl (C=O) groups excluding carboxylic acids is 2. The number of esters is 1. The van der Waals surface area contributed by atoms with E-state index in [0.29, 0.717) is 4.90 Å². The highest BCUT2D eigenvalue weighted by molar-refractivity contribution is 7.92. The Balaban J connectivity index is 1.87. The van der Waals surface area contributed by atoms with E-state index in [1.807, 2.05) is 0 Å². The van der Waals surface area contributed by atoms with E-state index in [1.165, 1.54) is 35.8 Å². The summed E-state index contributed by atoms with van der Waals surface area (Å²) in [4.78, 5) is 30.5. The summed E-state index contributed by atoms with van der Waals surface area (Å²) < 4.78 is 73.4. The van der Waals surface area contributed by atoms with E-state index in [9.17, 15) is 31.2 Å². The summed E-state index contributed by atoms with van der Waals surface area (Å²) in [6.07, 6.45) is -2.72. The van der Waals surface area contributed by atoms with Gasteiger partial charge in [-0.25, -0.2) is 22.7 Å². The third kappa shape index (κ3) is 4.90. The minimum atomic E-state index is -4.67. The summed E-state index contributed by atoms with van der Waals surface area (Å²) in [7, 11) is -3.90. The number of aromatic nitrogens is 3. The molecule has 0 saturated carbocycles. The minimum absolute atomic E-state index is 0.0624. The number of ether oxygens (including phenoxy) is 1. The molecule has 0 spiro atoms. The Morgan fingerprint density at radius 1 is 1.30 bits per heavy atom. The van der Waals surface area contributed by atoms with Crippen molar-refractivity contribution < 1.29 is 35.9 Å². The minimum Gasteiger partial charge on any atom is -0.462 e. The van der Waals surface area contributed by atoms with Gasteiger partial charge in [-0.15, -0.1) is 5.10 Å². The van der Waals surface area contributed by atoms with Crippen molar-refractivity contribution in [3.05, 3.63) is 41.1 Å². The predicted molar refractivity (Wildman–Crippen MR) is 127 cm³/mol. The molecule has 2 aromatic heterocycles. The first-order chi connectivity index (χ1) is 17.2. The lowest BCUT2D eigenvalue weighted by atomic mass is 10.0. The van der Waals surface area contributed by atoms with Crippen LogP contribution < -0.4 is 10.5 Å². The maximum Gasteiger partial charge on any atom is 0.408 e. The van der Waals surface area contributed by atoms with Crippen LogP contribution in [-0.2, 0) is 21.3 Å². The van der Waals surface area contributed by atoms with Gasteiger partial charge in [-0.05, 0) is 37.1 Å². The first-order valence-corrected chi connectivity index (χ1v) is 13.0. The number of carbonyl (C=O) groups is 2. The molecule has 1 atom stereocenters. The number of benzene rings is 1. The van der Waals surface area contributed by atoms with Crippen LogP contribution in [0.25, 0.3) is 16.9 Å². The average molecular weight is 541 g/mol. The van der Waals surface area contributed by atoms with Crippen molar-refractivity contribution in [1.29, 1.82) is 0 Å². The Labute approximate surface area is 209 Å². The smallest absolute Gasteiger partial charge is 0.408 e. The Morgan fingerprint density at radius 2 is 2.00 bits per heavy atom. The Morgan fingerprint density at radius 3 is 2.59 bits per heavy atom. The zero-order chi connectivity index (χ0) is 27.3. The molecule has 3 aromatic rings. The van der Waals surface area contributed by atoms with E-state index >= 15 is 0 Å². The van der Waals surface area contributed by atoms with Crippen LogP contribution in [0.15, 0.2) is 24.4 Å². The van der Waals surface area contributed by atoms with Gasteiger partial charge in [-0.2, -0.15) is 13.2 Å². The molecule has 0 radical (unpaired) electrons. The van der Waals surface area contributed by atoms with Crippen molar-refractivity contribution in [2.45, 2.75) is 39.0 Å². The van der Waals surface area contributed by atoms with Crippen LogP contribution in [0.1, 0.15) is 46.5 Å². The second-order valence-electron chi connectivity index (χ2n) is 8.39. The number of amides is 1. The number of nitrogens with one attached hydrogen (secondary N) is 1. The summed E-state index contributed by atoms with van der Waals surface area (Å²) in [6.45, 7) is 2.63. The molecule has 1 aliphatic rings. The van der Waals surface area contributed by atoms with Gasteiger partial charge < -0.3 is 15.4 Å². The molecule has 3 N–H and O–H groups in total. The number of halogens is 3. The lowest BCUT2D eigenvalue weighted by Crippen LogP contribution is -2.45. The van der Waals surface area contributed by atoms with Crippen molar-refractivity contribution in [2.75, 3.05) is 23.3 Å². The normalized spacial score (nSPS) is 14.6. The molecule has 0 saturated heterocycles. The first-order valence-electron chi connectivity index (χ1n) is 11.1. The largest absolute Gasteiger partial charge is 0.462 e. The van der Waals surface area contributed by atoms with E-state index in [-0.39, 0.29) is 64.7 Å². The number of nitrogen functional groups attached to an aromatic ring is 1. The molecular weight excluding hydrogens is 517 g/mol. The molecule has 0 fully saturated rings. The number of nitrogens with zero attached hydrogens (tertiary/aromatic N) is 4.